The zero-order chi connectivity index (χ0) is 14.8. The number of thiophene rings is 1. The largest absolute Gasteiger partial charge is 0.504 e. The van der Waals surface area contributed by atoms with Gasteiger partial charge in [0, 0.05) is 11.1 Å². The second-order valence-electron chi connectivity index (χ2n) is 5.40. The van der Waals surface area contributed by atoms with E-state index >= 15 is 0 Å². The van der Waals surface area contributed by atoms with Gasteiger partial charge in [0.15, 0.2) is 11.6 Å². The Morgan fingerprint density at radius 1 is 1.57 bits per heavy atom. The summed E-state index contributed by atoms with van der Waals surface area (Å²) in [7, 11) is 0. The molecule has 5 heteroatoms. The van der Waals surface area contributed by atoms with Crippen LogP contribution in [0.25, 0.3) is 0 Å². The lowest BCUT2D eigenvalue weighted by Crippen LogP contribution is -2.11. The zero-order valence-electron chi connectivity index (χ0n) is 11.9. The Bertz CT molecular complexity index is 666. The second-order valence-corrected chi connectivity index (χ2v) is 6.54. The van der Waals surface area contributed by atoms with E-state index in [0.717, 1.165) is 18.8 Å². The van der Waals surface area contributed by atoms with Crippen LogP contribution in [-0.2, 0) is 12.8 Å². The normalized spacial score (nSPS) is 17.3. The summed E-state index contributed by atoms with van der Waals surface area (Å²) in [6.07, 6.45) is 6.09. The summed E-state index contributed by atoms with van der Waals surface area (Å²) in [5, 5.41) is 12.3. The fourth-order valence-corrected chi connectivity index (χ4v) is 3.83. The number of rotatable bonds is 3. The first-order valence-electron chi connectivity index (χ1n) is 7.24. The molecule has 1 aliphatic rings. The number of aromatic hydroxyl groups is 1. The molecule has 2 N–H and O–H groups in total. The van der Waals surface area contributed by atoms with E-state index in [9.17, 15) is 9.90 Å². The maximum atomic E-state index is 12.3. The highest BCUT2D eigenvalue weighted by Gasteiger charge is 2.22. The molecule has 2 aromatic heterocycles. The Morgan fingerprint density at radius 2 is 2.43 bits per heavy atom. The van der Waals surface area contributed by atoms with Gasteiger partial charge in [0.05, 0.1) is 4.88 Å². The van der Waals surface area contributed by atoms with Crippen LogP contribution in [0.5, 0.6) is 5.75 Å². The molecule has 2 heterocycles. The number of pyridine rings is 1. The molecule has 1 amide bonds. The van der Waals surface area contributed by atoms with Crippen LogP contribution < -0.4 is 5.32 Å². The van der Waals surface area contributed by atoms with Gasteiger partial charge in [-0.15, -0.1) is 11.3 Å². The highest BCUT2D eigenvalue weighted by atomic mass is 32.1. The first-order chi connectivity index (χ1) is 10.2. The molecule has 0 spiro atoms. The maximum Gasteiger partial charge on any atom is 0.267 e. The number of carbonyl (C=O) groups is 1. The van der Waals surface area contributed by atoms with Crippen molar-refractivity contribution in [2.24, 2.45) is 5.92 Å². The topological polar surface area (TPSA) is 62.2 Å². The van der Waals surface area contributed by atoms with Crippen molar-refractivity contribution in [2.75, 3.05) is 5.32 Å². The first-order valence-corrected chi connectivity index (χ1v) is 8.06. The van der Waals surface area contributed by atoms with Gasteiger partial charge in [-0.05, 0) is 48.9 Å². The molecular formula is C16H18N2O2S. The Morgan fingerprint density at radius 3 is 3.19 bits per heavy atom. The fourth-order valence-electron chi connectivity index (χ4n) is 2.72. The van der Waals surface area contributed by atoms with Gasteiger partial charge < -0.3 is 10.4 Å². The van der Waals surface area contributed by atoms with Crippen molar-refractivity contribution < 1.29 is 9.90 Å². The number of hydrogen-bond donors (Lipinski definition) is 2. The molecule has 0 fully saturated rings. The molecule has 21 heavy (non-hydrogen) atoms. The second kappa shape index (κ2) is 5.85. The minimum absolute atomic E-state index is 0.0155. The summed E-state index contributed by atoms with van der Waals surface area (Å²) < 4.78 is 0. The number of hydrogen-bond acceptors (Lipinski definition) is 4. The predicted molar refractivity (Wildman–Crippen MR) is 84.0 cm³/mol. The lowest BCUT2D eigenvalue weighted by molar-refractivity contribution is 0.102. The molecule has 0 bridgehead atoms. The van der Waals surface area contributed by atoms with Crippen LogP contribution in [0.15, 0.2) is 24.4 Å². The lowest BCUT2D eigenvalue weighted by atomic mass is 9.87. The van der Waals surface area contributed by atoms with Crippen LogP contribution in [-0.4, -0.2) is 16.0 Å². The summed E-state index contributed by atoms with van der Waals surface area (Å²) in [6, 6.07) is 5.13. The van der Waals surface area contributed by atoms with Crippen molar-refractivity contribution in [1.82, 2.24) is 4.98 Å². The molecule has 110 valence electrons. The highest BCUT2D eigenvalue weighted by molar-refractivity contribution is 7.14. The van der Waals surface area contributed by atoms with Gasteiger partial charge in [-0.25, -0.2) is 4.98 Å². The van der Waals surface area contributed by atoms with E-state index < -0.39 is 0 Å². The number of anilines is 1. The Kier molecular flexibility index (Phi) is 3.92. The monoisotopic (exact) mass is 302 g/mol. The molecule has 4 nitrogen and oxygen atoms in total. The SMILES string of the molecule is CCC1CCc2sc(C(=O)Nc3ncccc3O)cc2C1. The van der Waals surface area contributed by atoms with E-state index in [0.29, 0.717) is 4.88 Å². The molecule has 0 aromatic carbocycles. The fraction of sp³-hybridized carbons (Fsp3) is 0.375. The van der Waals surface area contributed by atoms with Crippen LogP contribution >= 0.6 is 11.3 Å². The van der Waals surface area contributed by atoms with Crippen LogP contribution in [0.2, 0.25) is 0 Å². The molecule has 3 rings (SSSR count). The van der Waals surface area contributed by atoms with Crippen LogP contribution in [0.4, 0.5) is 5.82 Å². The van der Waals surface area contributed by atoms with Gasteiger partial charge in [0.1, 0.15) is 0 Å². The molecule has 2 aromatic rings. The third-order valence-electron chi connectivity index (χ3n) is 4.00. The van der Waals surface area contributed by atoms with Crippen molar-refractivity contribution in [3.63, 3.8) is 0 Å². The van der Waals surface area contributed by atoms with Gasteiger partial charge in [-0.3, -0.25) is 4.79 Å². The third kappa shape index (κ3) is 2.93. The lowest BCUT2D eigenvalue weighted by Gasteiger charge is -2.19. The number of carbonyl (C=O) groups excluding carboxylic acids is 1. The molecule has 0 radical (unpaired) electrons. The first kappa shape index (κ1) is 14.1. The highest BCUT2D eigenvalue weighted by Crippen LogP contribution is 2.34. The van der Waals surface area contributed by atoms with Crippen LogP contribution in [0, 0.1) is 5.92 Å². The average Bonchev–Trinajstić information content (AvgIpc) is 2.92. The van der Waals surface area contributed by atoms with Crippen molar-refractivity contribution >= 4 is 23.1 Å². The smallest absolute Gasteiger partial charge is 0.267 e. The van der Waals surface area contributed by atoms with E-state index in [1.807, 2.05) is 6.07 Å². The van der Waals surface area contributed by atoms with Gasteiger partial charge in [0.2, 0.25) is 0 Å². The average molecular weight is 302 g/mol. The Hall–Kier alpha value is -1.88. The standard InChI is InChI=1S/C16H18N2O2S/c1-2-10-5-6-13-11(8-10)9-14(21-13)16(20)18-15-12(19)4-3-7-17-15/h3-4,7,9-10,19H,2,5-6,8H2,1H3,(H,17,18,20). The number of amides is 1. The summed E-state index contributed by atoms with van der Waals surface area (Å²) in [5.74, 6) is 0.734. The number of aryl methyl sites for hydroxylation is 1. The Balaban J connectivity index is 1.77. The van der Waals surface area contributed by atoms with Crippen LogP contribution in [0.1, 0.15) is 39.9 Å². The number of aromatic nitrogens is 1. The van der Waals surface area contributed by atoms with Gasteiger partial charge in [0.25, 0.3) is 5.91 Å². The minimum atomic E-state index is -0.198. The number of fused-ring (bicyclic) bond motifs is 1. The van der Waals surface area contributed by atoms with Crippen LogP contribution in [0.3, 0.4) is 0 Å². The Labute approximate surface area is 127 Å². The minimum Gasteiger partial charge on any atom is -0.504 e. The van der Waals surface area contributed by atoms with Gasteiger partial charge in [-0.1, -0.05) is 13.3 Å². The maximum absolute atomic E-state index is 12.3. The summed E-state index contributed by atoms with van der Waals surface area (Å²) in [4.78, 5) is 18.3. The molecule has 1 unspecified atom stereocenters. The molecule has 1 aliphatic carbocycles. The van der Waals surface area contributed by atoms with E-state index in [4.69, 9.17) is 0 Å². The molecular weight excluding hydrogens is 284 g/mol. The summed E-state index contributed by atoms with van der Waals surface area (Å²) in [5.41, 5.74) is 1.31. The number of nitrogens with one attached hydrogen (secondary N) is 1. The predicted octanol–water partition coefficient (Wildman–Crippen LogP) is 3.62. The molecule has 0 saturated heterocycles. The molecule has 1 atom stereocenters. The van der Waals surface area contributed by atoms with E-state index in [-0.39, 0.29) is 17.5 Å². The summed E-state index contributed by atoms with van der Waals surface area (Å²) in [6.45, 7) is 2.22. The van der Waals surface area contributed by atoms with Crippen molar-refractivity contribution in [3.8, 4) is 5.75 Å². The van der Waals surface area contributed by atoms with E-state index in [1.165, 1.54) is 29.3 Å². The van der Waals surface area contributed by atoms with Crippen molar-refractivity contribution in [2.45, 2.75) is 32.6 Å². The zero-order valence-corrected chi connectivity index (χ0v) is 12.7. The molecule has 0 aliphatic heterocycles. The van der Waals surface area contributed by atoms with Gasteiger partial charge >= 0.3 is 0 Å². The summed E-state index contributed by atoms with van der Waals surface area (Å²) >= 11 is 1.56. The third-order valence-corrected chi connectivity index (χ3v) is 5.24. The van der Waals surface area contributed by atoms with Crippen molar-refractivity contribution in [3.05, 3.63) is 39.7 Å². The van der Waals surface area contributed by atoms with E-state index in [1.54, 1.807) is 23.6 Å². The van der Waals surface area contributed by atoms with Crippen molar-refractivity contribution in [1.29, 1.82) is 0 Å². The quantitative estimate of drug-likeness (QED) is 0.910. The van der Waals surface area contributed by atoms with Gasteiger partial charge in [-0.2, -0.15) is 0 Å². The molecule has 0 saturated carbocycles. The van der Waals surface area contributed by atoms with E-state index in [2.05, 4.69) is 17.2 Å². The number of nitrogens with zero attached hydrogens (tertiary/aromatic N) is 1.